The number of nitrogens with one attached hydrogen (secondary N) is 1. The molecule has 5 heteroatoms. The predicted octanol–water partition coefficient (Wildman–Crippen LogP) is 3.01. The molecule has 112 valence electrons. The van der Waals surface area contributed by atoms with Crippen LogP contribution in [0.5, 0.6) is 5.88 Å². The maximum atomic E-state index is 5.77. The molecule has 0 bridgehead atoms. The van der Waals surface area contributed by atoms with E-state index in [2.05, 4.69) is 22.2 Å². The quantitative estimate of drug-likeness (QED) is 0.753. The molecule has 1 aromatic heterocycles. The molecule has 20 heavy (non-hydrogen) atoms. The Morgan fingerprint density at radius 3 is 2.85 bits per heavy atom. The minimum absolute atomic E-state index is 0.403. The molecule has 0 aromatic carbocycles. The molecule has 0 amide bonds. The number of nitrogens with zero attached hydrogens (tertiary/aromatic N) is 2. The van der Waals surface area contributed by atoms with Crippen LogP contribution in [0, 0.1) is 5.92 Å². The van der Waals surface area contributed by atoms with Crippen LogP contribution in [-0.2, 0) is 11.3 Å². The summed E-state index contributed by atoms with van der Waals surface area (Å²) in [6.45, 7) is 4.16. The number of aromatic nitrogens is 2. The van der Waals surface area contributed by atoms with E-state index in [-0.39, 0.29) is 0 Å². The lowest BCUT2D eigenvalue weighted by molar-refractivity contribution is 0.175. The average molecular weight is 279 g/mol. The number of hydrogen-bond acceptors (Lipinski definition) is 5. The Balaban J connectivity index is 1.91. The summed E-state index contributed by atoms with van der Waals surface area (Å²) in [6.07, 6.45) is 6.26. The lowest BCUT2D eigenvalue weighted by Gasteiger charge is -2.24. The van der Waals surface area contributed by atoms with E-state index in [9.17, 15) is 0 Å². The molecule has 1 aliphatic carbocycles. The van der Waals surface area contributed by atoms with E-state index >= 15 is 0 Å². The summed E-state index contributed by atoms with van der Waals surface area (Å²) in [6, 6.07) is 1.87. The van der Waals surface area contributed by atoms with Gasteiger partial charge in [0.2, 0.25) is 5.88 Å². The zero-order chi connectivity index (χ0) is 14.2. The van der Waals surface area contributed by atoms with Gasteiger partial charge < -0.3 is 14.8 Å². The molecule has 2 rings (SSSR count). The molecule has 0 unspecified atom stereocenters. The highest BCUT2D eigenvalue weighted by Crippen LogP contribution is 2.29. The van der Waals surface area contributed by atoms with Crippen LogP contribution in [0.25, 0.3) is 0 Å². The van der Waals surface area contributed by atoms with E-state index in [1.54, 1.807) is 7.11 Å². The number of hydrogen-bond donors (Lipinski definition) is 1. The number of rotatable bonds is 9. The molecule has 1 aliphatic rings. The standard InChI is InChI=1S/C15H25N3O2/c1-3-8-16-13-10-15(18-14(17-13)11-19-2)20-9-7-12-5-4-6-12/h10,12H,3-9,11H2,1-2H3,(H,16,17,18). The summed E-state index contributed by atoms with van der Waals surface area (Å²) in [5.74, 6) is 2.97. The first-order valence-corrected chi connectivity index (χ1v) is 7.55. The Hall–Kier alpha value is -1.36. The van der Waals surface area contributed by atoms with Crippen LogP contribution in [-0.4, -0.2) is 30.2 Å². The van der Waals surface area contributed by atoms with Gasteiger partial charge in [-0.1, -0.05) is 26.2 Å². The molecule has 5 nitrogen and oxygen atoms in total. The van der Waals surface area contributed by atoms with Gasteiger partial charge in [-0.3, -0.25) is 0 Å². The van der Waals surface area contributed by atoms with Gasteiger partial charge in [0, 0.05) is 19.7 Å². The van der Waals surface area contributed by atoms with Gasteiger partial charge in [0.15, 0.2) is 5.82 Å². The zero-order valence-corrected chi connectivity index (χ0v) is 12.5. The van der Waals surface area contributed by atoms with E-state index < -0.39 is 0 Å². The molecular weight excluding hydrogens is 254 g/mol. The monoisotopic (exact) mass is 279 g/mol. The Labute approximate surface area is 121 Å². The van der Waals surface area contributed by atoms with Gasteiger partial charge >= 0.3 is 0 Å². The van der Waals surface area contributed by atoms with Crippen LogP contribution in [0.3, 0.4) is 0 Å². The molecule has 1 saturated carbocycles. The maximum absolute atomic E-state index is 5.77. The number of ether oxygens (including phenoxy) is 2. The van der Waals surface area contributed by atoms with Crippen molar-refractivity contribution in [1.29, 1.82) is 0 Å². The molecule has 1 heterocycles. The first-order chi connectivity index (χ1) is 9.81. The van der Waals surface area contributed by atoms with Crippen LogP contribution in [0.1, 0.15) is 44.9 Å². The fourth-order valence-electron chi connectivity index (χ4n) is 2.20. The summed E-state index contributed by atoms with van der Waals surface area (Å²) in [5, 5.41) is 3.27. The van der Waals surface area contributed by atoms with Crippen LogP contribution >= 0.6 is 0 Å². The van der Waals surface area contributed by atoms with E-state index in [0.29, 0.717) is 18.3 Å². The van der Waals surface area contributed by atoms with Gasteiger partial charge in [-0.2, -0.15) is 4.98 Å². The highest BCUT2D eigenvalue weighted by molar-refractivity contribution is 5.38. The van der Waals surface area contributed by atoms with Gasteiger partial charge in [0.05, 0.1) is 6.61 Å². The molecule has 0 radical (unpaired) electrons. The largest absolute Gasteiger partial charge is 0.478 e. The van der Waals surface area contributed by atoms with Crippen molar-refractivity contribution in [2.75, 3.05) is 25.6 Å². The fraction of sp³-hybridized carbons (Fsp3) is 0.733. The van der Waals surface area contributed by atoms with E-state index in [4.69, 9.17) is 9.47 Å². The van der Waals surface area contributed by atoms with Gasteiger partial charge in [-0.05, 0) is 18.8 Å². The average Bonchev–Trinajstić information content (AvgIpc) is 2.39. The topological polar surface area (TPSA) is 56.3 Å². The van der Waals surface area contributed by atoms with Gasteiger partial charge in [0.25, 0.3) is 0 Å². The molecule has 0 atom stereocenters. The van der Waals surface area contributed by atoms with Crippen molar-refractivity contribution in [1.82, 2.24) is 9.97 Å². The lowest BCUT2D eigenvalue weighted by Crippen LogP contribution is -2.15. The molecule has 0 saturated heterocycles. The summed E-state index contributed by atoms with van der Waals surface area (Å²) in [7, 11) is 1.65. The normalized spacial score (nSPS) is 14.9. The summed E-state index contributed by atoms with van der Waals surface area (Å²) in [5.41, 5.74) is 0. The molecule has 1 fully saturated rings. The second-order valence-electron chi connectivity index (χ2n) is 5.30. The molecular formula is C15H25N3O2. The Morgan fingerprint density at radius 2 is 2.20 bits per heavy atom. The minimum Gasteiger partial charge on any atom is -0.478 e. The van der Waals surface area contributed by atoms with Crippen molar-refractivity contribution in [2.45, 2.75) is 45.6 Å². The lowest BCUT2D eigenvalue weighted by atomic mass is 9.83. The third kappa shape index (κ3) is 4.63. The van der Waals surface area contributed by atoms with E-state index in [0.717, 1.165) is 37.7 Å². The van der Waals surface area contributed by atoms with Crippen molar-refractivity contribution in [2.24, 2.45) is 5.92 Å². The highest BCUT2D eigenvalue weighted by atomic mass is 16.5. The minimum atomic E-state index is 0.403. The van der Waals surface area contributed by atoms with Crippen molar-refractivity contribution in [3.8, 4) is 5.88 Å². The third-order valence-electron chi connectivity index (χ3n) is 3.58. The first kappa shape index (κ1) is 15.0. The van der Waals surface area contributed by atoms with Crippen molar-refractivity contribution in [3.63, 3.8) is 0 Å². The Morgan fingerprint density at radius 1 is 1.35 bits per heavy atom. The van der Waals surface area contributed by atoms with Gasteiger partial charge in [0.1, 0.15) is 12.4 Å². The SMILES string of the molecule is CCCNc1cc(OCCC2CCC2)nc(COC)n1. The third-order valence-corrected chi connectivity index (χ3v) is 3.58. The van der Waals surface area contributed by atoms with Crippen molar-refractivity contribution in [3.05, 3.63) is 11.9 Å². The summed E-state index contributed by atoms with van der Waals surface area (Å²) < 4.78 is 10.9. The number of anilines is 1. The fourth-order valence-corrected chi connectivity index (χ4v) is 2.20. The summed E-state index contributed by atoms with van der Waals surface area (Å²) >= 11 is 0. The van der Waals surface area contributed by atoms with Crippen molar-refractivity contribution >= 4 is 5.82 Å². The second kappa shape index (κ2) is 8.04. The van der Waals surface area contributed by atoms with Crippen LogP contribution in [0.15, 0.2) is 6.07 Å². The number of methoxy groups -OCH3 is 1. The summed E-state index contributed by atoms with van der Waals surface area (Å²) in [4.78, 5) is 8.78. The maximum Gasteiger partial charge on any atom is 0.218 e. The van der Waals surface area contributed by atoms with E-state index in [1.165, 1.54) is 19.3 Å². The van der Waals surface area contributed by atoms with Gasteiger partial charge in [-0.25, -0.2) is 4.98 Å². The Bertz CT molecular complexity index is 408. The van der Waals surface area contributed by atoms with E-state index in [1.807, 2.05) is 6.07 Å². The first-order valence-electron chi connectivity index (χ1n) is 7.55. The second-order valence-corrected chi connectivity index (χ2v) is 5.30. The molecule has 0 spiro atoms. The smallest absolute Gasteiger partial charge is 0.218 e. The predicted molar refractivity (Wildman–Crippen MR) is 79.0 cm³/mol. The molecule has 0 aliphatic heterocycles. The Kier molecular flexibility index (Phi) is 6.05. The van der Waals surface area contributed by atoms with Crippen LogP contribution < -0.4 is 10.1 Å². The van der Waals surface area contributed by atoms with Crippen LogP contribution in [0.2, 0.25) is 0 Å². The van der Waals surface area contributed by atoms with Crippen LogP contribution in [0.4, 0.5) is 5.82 Å². The van der Waals surface area contributed by atoms with Gasteiger partial charge in [-0.15, -0.1) is 0 Å². The molecule has 1 N–H and O–H groups in total. The highest BCUT2D eigenvalue weighted by Gasteiger charge is 2.17. The molecule has 1 aromatic rings. The zero-order valence-electron chi connectivity index (χ0n) is 12.5. The van der Waals surface area contributed by atoms with Crippen molar-refractivity contribution < 1.29 is 9.47 Å².